The molecule has 14 heavy (non-hydrogen) atoms. The highest BCUT2D eigenvalue weighted by atomic mass is 32.2. The Hall–Kier alpha value is -1.22. The Bertz CT molecular complexity index is 330. The number of benzene rings is 1. The molecule has 0 atom stereocenters. The lowest BCUT2D eigenvalue weighted by molar-refractivity contribution is -0.131. The number of allylic oxidation sites excluding steroid dienone is 1. The Kier molecular flexibility index (Phi) is 4.26. The molecule has 0 bridgehead atoms. The van der Waals surface area contributed by atoms with Crippen LogP contribution in [0.1, 0.15) is 12.5 Å². The van der Waals surface area contributed by atoms with Gasteiger partial charge in [0.25, 0.3) is 0 Å². The standard InChI is InChI=1S/C11H12O2S/c1-9(7-11(12)13)14-8-10-5-3-2-4-6-10/h2-7H,8H2,1H3,(H,12,13). The minimum atomic E-state index is -0.886. The van der Waals surface area contributed by atoms with Crippen LogP contribution in [0.25, 0.3) is 0 Å². The molecule has 0 aliphatic carbocycles. The molecule has 0 aromatic heterocycles. The van der Waals surface area contributed by atoms with Gasteiger partial charge in [-0.2, -0.15) is 0 Å². The molecular weight excluding hydrogens is 196 g/mol. The summed E-state index contributed by atoms with van der Waals surface area (Å²) < 4.78 is 0. The van der Waals surface area contributed by atoms with E-state index in [2.05, 4.69) is 0 Å². The molecule has 1 rings (SSSR count). The van der Waals surface area contributed by atoms with Gasteiger partial charge in [0.15, 0.2) is 0 Å². The number of hydrogen-bond donors (Lipinski definition) is 1. The first-order valence-corrected chi connectivity index (χ1v) is 5.25. The molecule has 74 valence electrons. The molecule has 1 aromatic carbocycles. The van der Waals surface area contributed by atoms with Crippen LogP contribution in [0.4, 0.5) is 0 Å². The highest BCUT2D eigenvalue weighted by Crippen LogP contribution is 2.20. The molecule has 0 unspecified atom stereocenters. The Morgan fingerprint density at radius 3 is 2.64 bits per heavy atom. The zero-order valence-corrected chi connectivity index (χ0v) is 8.75. The van der Waals surface area contributed by atoms with Crippen LogP contribution >= 0.6 is 11.8 Å². The summed E-state index contributed by atoms with van der Waals surface area (Å²) in [5, 5.41) is 8.49. The second kappa shape index (κ2) is 5.50. The van der Waals surface area contributed by atoms with E-state index in [0.29, 0.717) is 0 Å². The average molecular weight is 208 g/mol. The smallest absolute Gasteiger partial charge is 0.329 e. The van der Waals surface area contributed by atoms with Gasteiger partial charge >= 0.3 is 5.97 Å². The van der Waals surface area contributed by atoms with Gasteiger partial charge < -0.3 is 5.11 Å². The van der Waals surface area contributed by atoms with Crippen molar-refractivity contribution in [2.24, 2.45) is 0 Å². The van der Waals surface area contributed by atoms with Crippen molar-refractivity contribution in [1.29, 1.82) is 0 Å². The number of carboxylic acid groups (broad SMARTS) is 1. The second-order valence-electron chi connectivity index (χ2n) is 2.87. The number of carbonyl (C=O) groups is 1. The van der Waals surface area contributed by atoms with Gasteiger partial charge in [-0.15, -0.1) is 11.8 Å². The average Bonchev–Trinajstić information content (AvgIpc) is 2.15. The fourth-order valence-electron chi connectivity index (χ4n) is 0.987. The van der Waals surface area contributed by atoms with Gasteiger partial charge in [-0.25, -0.2) is 4.79 Å². The van der Waals surface area contributed by atoms with Crippen LogP contribution in [0.2, 0.25) is 0 Å². The Labute approximate surface area is 87.6 Å². The van der Waals surface area contributed by atoms with Crippen molar-refractivity contribution in [2.45, 2.75) is 12.7 Å². The number of hydrogen-bond acceptors (Lipinski definition) is 2. The van der Waals surface area contributed by atoms with Gasteiger partial charge in [-0.3, -0.25) is 0 Å². The third kappa shape index (κ3) is 4.14. The van der Waals surface area contributed by atoms with Crippen LogP contribution in [-0.2, 0) is 10.5 Å². The maximum absolute atomic E-state index is 10.3. The van der Waals surface area contributed by atoms with E-state index in [1.807, 2.05) is 37.3 Å². The fraction of sp³-hybridized carbons (Fsp3) is 0.182. The van der Waals surface area contributed by atoms with Gasteiger partial charge in [0.05, 0.1) is 0 Å². The number of aliphatic carboxylic acids is 1. The quantitative estimate of drug-likeness (QED) is 0.773. The zero-order chi connectivity index (χ0) is 10.4. The first kappa shape index (κ1) is 10.9. The first-order chi connectivity index (χ1) is 6.68. The Morgan fingerprint density at radius 1 is 1.43 bits per heavy atom. The zero-order valence-electron chi connectivity index (χ0n) is 7.93. The molecule has 1 aromatic rings. The lowest BCUT2D eigenvalue weighted by Crippen LogP contribution is -1.88. The summed E-state index contributed by atoms with van der Waals surface area (Å²) in [4.78, 5) is 11.2. The summed E-state index contributed by atoms with van der Waals surface area (Å²) in [6, 6.07) is 9.98. The van der Waals surface area contributed by atoms with Gasteiger partial charge in [0.2, 0.25) is 0 Å². The van der Waals surface area contributed by atoms with E-state index in [0.717, 1.165) is 10.7 Å². The molecule has 0 aliphatic rings. The summed E-state index contributed by atoms with van der Waals surface area (Å²) in [7, 11) is 0. The molecule has 2 nitrogen and oxygen atoms in total. The highest BCUT2D eigenvalue weighted by molar-refractivity contribution is 8.02. The summed E-state index contributed by atoms with van der Waals surface area (Å²) in [6.07, 6.45) is 1.23. The predicted octanol–water partition coefficient (Wildman–Crippen LogP) is 2.91. The number of carboxylic acids is 1. The summed E-state index contributed by atoms with van der Waals surface area (Å²) in [5.74, 6) is -0.0701. The highest BCUT2D eigenvalue weighted by Gasteiger charge is 1.96. The van der Waals surface area contributed by atoms with Crippen LogP contribution in [0, 0.1) is 0 Å². The normalized spacial score (nSPS) is 11.4. The molecule has 0 saturated heterocycles. The van der Waals surface area contributed by atoms with E-state index in [1.54, 1.807) is 0 Å². The minimum absolute atomic E-state index is 0.816. The lowest BCUT2D eigenvalue weighted by Gasteiger charge is -2.00. The van der Waals surface area contributed by atoms with Crippen molar-refractivity contribution in [2.75, 3.05) is 0 Å². The first-order valence-electron chi connectivity index (χ1n) is 4.26. The van der Waals surface area contributed by atoms with Crippen LogP contribution in [0.15, 0.2) is 41.3 Å². The maximum atomic E-state index is 10.3. The topological polar surface area (TPSA) is 37.3 Å². The van der Waals surface area contributed by atoms with Crippen molar-refractivity contribution in [3.05, 3.63) is 46.9 Å². The van der Waals surface area contributed by atoms with Crippen LogP contribution in [0.5, 0.6) is 0 Å². The van der Waals surface area contributed by atoms with E-state index >= 15 is 0 Å². The van der Waals surface area contributed by atoms with E-state index in [1.165, 1.54) is 23.4 Å². The summed E-state index contributed by atoms with van der Waals surface area (Å²) in [5.41, 5.74) is 1.20. The van der Waals surface area contributed by atoms with E-state index in [9.17, 15) is 4.79 Å². The molecule has 0 spiro atoms. The van der Waals surface area contributed by atoms with Crippen molar-refractivity contribution in [1.82, 2.24) is 0 Å². The second-order valence-corrected chi connectivity index (χ2v) is 4.09. The van der Waals surface area contributed by atoms with Crippen molar-refractivity contribution >= 4 is 17.7 Å². The van der Waals surface area contributed by atoms with Crippen LogP contribution in [-0.4, -0.2) is 11.1 Å². The molecule has 3 heteroatoms. The van der Waals surface area contributed by atoms with Crippen molar-refractivity contribution < 1.29 is 9.90 Å². The lowest BCUT2D eigenvalue weighted by atomic mass is 10.2. The van der Waals surface area contributed by atoms with Gasteiger partial charge in [0, 0.05) is 11.8 Å². The Balaban J connectivity index is 2.45. The largest absolute Gasteiger partial charge is 0.478 e. The van der Waals surface area contributed by atoms with Crippen molar-refractivity contribution in [3.63, 3.8) is 0 Å². The van der Waals surface area contributed by atoms with E-state index in [4.69, 9.17) is 5.11 Å². The third-order valence-corrected chi connectivity index (χ3v) is 2.69. The summed E-state index contributed by atoms with van der Waals surface area (Å²) in [6.45, 7) is 1.81. The number of thioether (sulfide) groups is 1. The summed E-state index contributed by atoms with van der Waals surface area (Å²) >= 11 is 1.54. The van der Waals surface area contributed by atoms with Crippen LogP contribution in [0.3, 0.4) is 0 Å². The molecule has 0 saturated carbocycles. The predicted molar refractivity (Wildman–Crippen MR) is 59.1 cm³/mol. The molecular formula is C11H12O2S. The molecule has 0 aliphatic heterocycles. The number of rotatable bonds is 4. The maximum Gasteiger partial charge on any atom is 0.329 e. The molecule has 0 fully saturated rings. The van der Waals surface area contributed by atoms with Gasteiger partial charge in [-0.1, -0.05) is 30.3 Å². The van der Waals surface area contributed by atoms with Gasteiger partial charge in [0.1, 0.15) is 0 Å². The Morgan fingerprint density at radius 2 is 2.07 bits per heavy atom. The fourth-order valence-corrected chi connectivity index (χ4v) is 1.76. The van der Waals surface area contributed by atoms with Crippen LogP contribution < -0.4 is 0 Å². The molecule has 0 amide bonds. The SMILES string of the molecule is CC(=CC(=O)O)SCc1ccccc1. The van der Waals surface area contributed by atoms with E-state index < -0.39 is 5.97 Å². The van der Waals surface area contributed by atoms with Gasteiger partial charge in [-0.05, 0) is 17.4 Å². The minimum Gasteiger partial charge on any atom is -0.478 e. The monoisotopic (exact) mass is 208 g/mol. The third-order valence-electron chi connectivity index (χ3n) is 1.64. The van der Waals surface area contributed by atoms with E-state index in [-0.39, 0.29) is 0 Å². The molecule has 0 radical (unpaired) electrons. The molecule has 1 N–H and O–H groups in total. The van der Waals surface area contributed by atoms with Crippen molar-refractivity contribution in [3.8, 4) is 0 Å². The molecule has 0 heterocycles.